The predicted molar refractivity (Wildman–Crippen MR) is 87.4 cm³/mol. The second kappa shape index (κ2) is 6.72. The van der Waals surface area contributed by atoms with Crippen molar-refractivity contribution in [2.24, 2.45) is 5.73 Å². The summed E-state index contributed by atoms with van der Waals surface area (Å²) in [6.45, 7) is 0.481. The zero-order valence-electron chi connectivity index (χ0n) is 10.9. The molecule has 2 N–H and O–H groups in total. The van der Waals surface area contributed by atoms with Gasteiger partial charge in [-0.2, -0.15) is 0 Å². The maximum absolute atomic E-state index is 5.76. The van der Waals surface area contributed by atoms with Crippen LogP contribution in [0.5, 0.6) is 11.5 Å². The summed E-state index contributed by atoms with van der Waals surface area (Å²) in [5.74, 6) is 1.58. The van der Waals surface area contributed by atoms with Crippen molar-refractivity contribution in [3.05, 3.63) is 58.1 Å². The molecule has 0 atom stereocenters. The highest BCUT2D eigenvalue weighted by atomic mass is 79.9. The molecule has 0 bridgehead atoms. The monoisotopic (exact) mass is 351 g/mol. The number of rotatable bonds is 5. The van der Waals surface area contributed by atoms with Gasteiger partial charge in [-0.05, 0) is 51.8 Å². The van der Waals surface area contributed by atoms with E-state index in [0.29, 0.717) is 11.6 Å². The van der Waals surface area contributed by atoms with Gasteiger partial charge in [-0.3, -0.25) is 0 Å². The molecule has 104 valence electrons. The van der Waals surface area contributed by atoms with Crippen molar-refractivity contribution in [1.29, 1.82) is 0 Å². The zero-order chi connectivity index (χ0) is 14.5. The number of nitrogens with two attached hydrogens (primary N) is 1. The molecule has 0 aliphatic carbocycles. The van der Waals surface area contributed by atoms with Crippen LogP contribution in [-0.2, 0) is 6.61 Å². The molecule has 0 aliphatic heterocycles. The number of hydrogen-bond acceptors (Lipinski definition) is 3. The molecule has 2 rings (SSSR count). The molecule has 0 unspecified atom stereocenters. The van der Waals surface area contributed by atoms with E-state index in [-0.39, 0.29) is 0 Å². The van der Waals surface area contributed by atoms with Crippen LogP contribution < -0.4 is 15.2 Å². The van der Waals surface area contributed by atoms with Crippen LogP contribution in [0, 0.1) is 0 Å². The quantitative estimate of drug-likeness (QED) is 0.834. The largest absolute Gasteiger partial charge is 0.497 e. The van der Waals surface area contributed by atoms with E-state index >= 15 is 0 Å². The fourth-order valence-corrected chi connectivity index (χ4v) is 2.27. The Labute approximate surface area is 131 Å². The van der Waals surface area contributed by atoms with Gasteiger partial charge < -0.3 is 15.2 Å². The molecule has 2 aromatic carbocycles. The molecule has 0 radical (unpaired) electrons. The molecule has 0 aliphatic rings. The molecule has 0 heterocycles. The number of benzene rings is 2. The lowest BCUT2D eigenvalue weighted by Crippen LogP contribution is -2.09. The Hall–Kier alpha value is -1.59. The Kier molecular flexibility index (Phi) is 4.98. The van der Waals surface area contributed by atoms with E-state index in [1.165, 1.54) is 0 Å². The topological polar surface area (TPSA) is 44.5 Å². The van der Waals surface area contributed by atoms with Gasteiger partial charge in [0.05, 0.1) is 11.6 Å². The van der Waals surface area contributed by atoms with Crippen LogP contribution >= 0.6 is 28.1 Å². The summed E-state index contributed by atoms with van der Waals surface area (Å²) in [6, 6.07) is 13.3. The van der Waals surface area contributed by atoms with Gasteiger partial charge in [-0.1, -0.05) is 24.4 Å². The fraction of sp³-hybridized carbons (Fsp3) is 0.133. The molecular formula is C15H14BrNO2S. The molecule has 0 saturated carbocycles. The van der Waals surface area contributed by atoms with Crippen LogP contribution in [0.15, 0.2) is 46.9 Å². The molecule has 3 nitrogen and oxygen atoms in total. The van der Waals surface area contributed by atoms with Crippen molar-refractivity contribution in [2.75, 3.05) is 7.11 Å². The Morgan fingerprint density at radius 1 is 1.20 bits per heavy atom. The van der Waals surface area contributed by atoms with Crippen molar-refractivity contribution in [1.82, 2.24) is 0 Å². The first kappa shape index (κ1) is 14.8. The van der Waals surface area contributed by atoms with Gasteiger partial charge in [0.25, 0.3) is 0 Å². The normalized spacial score (nSPS) is 10.1. The first-order chi connectivity index (χ1) is 9.60. The van der Waals surface area contributed by atoms with Crippen molar-refractivity contribution >= 4 is 33.1 Å². The molecule has 20 heavy (non-hydrogen) atoms. The molecule has 2 aromatic rings. The fourth-order valence-electron chi connectivity index (χ4n) is 1.65. The van der Waals surface area contributed by atoms with E-state index < -0.39 is 0 Å². The van der Waals surface area contributed by atoms with Crippen LogP contribution in [-0.4, -0.2) is 12.1 Å². The maximum Gasteiger partial charge on any atom is 0.134 e. The number of ether oxygens (including phenoxy) is 2. The summed E-state index contributed by atoms with van der Waals surface area (Å²) in [7, 11) is 1.64. The second-order valence-corrected chi connectivity index (χ2v) is 5.44. The summed E-state index contributed by atoms with van der Waals surface area (Å²) in [4.78, 5) is 0.368. The lowest BCUT2D eigenvalue weighted by molar-refractivity contribution is 0.304. The molecule has 5 heteroatoms. The van der Waals surface area contributed by atoms with E-state index in [2.05, 4.69) is 15.9 Å². The minimum atomic E-state index is 0.368. The first-order valence-electron chi connectivity index (χ1n) is 5.95. The lowest BCUT2D eigenvalue weighted by atomic mass is 10.2. The summed E-state index contributed by atoms with van der Waals surface area (Å²) in [5.41, 5.74) is 7.46. The number of methoxy groups -OCH3 is 1. The van der Waals surface area contributed by atoms with E-state index in [4.69, 9.17) is 27.4 Å². The molecule has 0 spiro atoms. The zero-order valence-corrected chi connectivity index (χ0v) is 13.3. The van der Waals surface area contributed by atoms with Gasteiger partial charge in [0, 0.05) is 5.56 Å². The van der Waals surface area contributed by atoms with Crippen LogP contribution in [0.4, 0.5) is 0 Å². The number of halogens is 1. The van der Waals surface area contributed by atoms with E-state index in [1.807, 2.05) is 42.5 Å². The van der Waals surface area contributed by atoms with E-state index in [0.717, 1.165) is 27.1 Å². The summed E-state index contributed by atoms with van der Waals surface area (Å²) in [6.07, 6.45) is 0. The van der Waals surface area contributed by atoms with Crippen LogP contribution in [0.1, 0.15) is 11.1 Å². The summed E-state index contributed by atoms with van der Waals surface area (Å²) < 4.78 is 11.7. The van der Waals surface area contributed by atoms with Gasteiger partial charge in [-0.25, -0.2) is 0 Å². The summed E-state index contributed by atoms with van der Waals surface area (Å²) in [5, 5.41) is 0. The lowest BCUT2D eigenvalue weighted by Gasteiger charge is -2.10. The second-order valence-electron chi connectivity index (χ2n) is 4.15. The average Bonchev–Trinajstić information content (AvgIpc) is 2.46. The van der Waals surface area contributed by atoms with Crippen molar-refractivity contribution in [3.63, 3.8) is 0 Å². The summed E-state index contributed by atoms with van der Waals surface area (Å²) >= 11 is 8.39. The third-order valence-electron chi connectivity index (χ3n) is 2.77. The predicted octanol–water partition coefficient (Wildman–Crippen LogP) is 3.67. The Morgan fingerprint density at radius 3 is 2.45 bits per heavy atom. The van der Waals surface area contributed by atoms with Gasteiger partial charge >= 0.3 is 0 Å². The SMILES string of the molecule is COc1ccc(COc2ccc(C(N)=S)cc2Br)cc1. The van der Waals surface area contributed by atoms with Gasteiger partial charge in [0.15, 0.2) is 0 Å². The molecule has 0 fully saturated rings. The van der Waals surface area contributed by atoms with Gasteiger partial charge in [-0.15, -0.1) is 0 Å². The molecule has 0 saturated heterocycles. The highest BCUT2D eigenvalue weighted by molar-refractivity contribution is 9.10. The highest BCUT2D eigenvalue weighted by Gasteiger charge is 2.05. The third-order valence-corrected chi connectivity index (χ3v) is 3.63. The van der Waals surface area contributed by atoms with Gasteiger partial charge in [0.1, 0.15) is 23.1 Å². The standard InChI is InChI=1S/C15H14BrNO2S/c1-18-12-5-2-10(3-6-12)9-19-14-7-4-11(15(17)20)8-13(14)16/h2-8H,9H2,1H3,(H2,17,20). The first-order valence-corrected chi connectivity index (χ1v) is 7.15. The Morgan fingerprint density at radius 2 is 1.90 bits per heavy atom. The average molecular weight is 352 g/mol. The number of thiocarbonyl (C=S) groups is 1. The van der Waals surface area contributed by atoms with Crippen molar-refractivity contribution < 1.29 is 9.47 Å². The molecular weight excluding hydrogens is 338 g/mol. The Bertz CT molecular complexity index is 614. The van der Waals surface area contributed by atoms with Crippen LogP contribution in [0.3, 0.4) is 0 Å². The van der Waals surface area contributed by atoms with E-state index in [9.17, 15) is 0 Å². The van der Waals surface area contributed by atoms with E-state index in [1.54, 1.807) is 7.11 Å². The van der Waals surface area contributed by atoms with Crippen LogP contribution in [0.2, 0.25) is 0 Å². The minimum absolute atomic E-state index is 0.368. The smallest absolute Gasteiger partial charge is 0.134 e. The van der Waals surface area contributed by atoms with Crippen LogP contribution in [0.25, 0.3) is 0 Å². The molecule has 0 amide bonds. The third kappa shape index (κ3) is 3.71. The van der Waals surface area contributed by atoms with Gasteiger partial charge in [0.2, 0.25) is 0 Å². The van der Waals surface area contributed by atoms with Crippen molar-refractivity contribution in [3.8, 4) is 11.5 Å². The minimum Gasteiger partial charge on any atom is -0.497 e. The van der Waals surface area contributed by atoms with Crippen molar-refractivity contribution in [2.45, 2.75) is 6.61 Å². The highest BCUT2D eigenvalue weighted by Crippen LogP contribution is 2.27. The maximum atomic E-state index is 5.76. The Balaban J connectivity index is 2.04. The number of hydrogen-bond donors (Lipinski definition) is 1. The molecule has 0 aromatic heterocycles.